The van der Waals surface area contributed by atoms with Crippen molar-refractivity contribution in [3.63, 3.8) is 0 Å². The van der Waals surface area contributed by atoms with Crippen LogP contribution in [0.3, 0.4) is 0 Å². The summed E-state index contributed by atoms with van der Waals surface area (Å²) in [6.07, 6.45) is -7.52. The summed E-state index contributed by atoms with van der Waals surface area (Å²) in [6, 6.07) is 0. The molecule has 16 nitrogen and oxygen atoms in total. The van der Waals surface area contributed by atoms with Gasteiger partial charge in [0.2, 0.25) is 23.5 Å². The van der Waals surface area contributed by atoms with Crippen LogP contribution in [-0.2, 0) is 57.6 Å². The Labute approximate surface area is 344 Å². The molecule has 0 aliphatic carbocycles. The maximum Gasteiger partial charge on any atom is 0.451 e. The second-order valence-corrected chi connectivity index (χ2v) is 17.7. The fourth-order valence-corrected chi connectivity index (χ4v) is 8.11. The smallest absolute Gasteiger partial charge is 0.444 e. The summed E-state index contributed by atoms with van der Waals surface area (Å²) in [6.45, 7) is 16.8. The Morgan fingerprint density at radius 1 is 0.550 bits per heavy atom. The third kappa shape index (κ3) is 11.0. The number of hydrogen-bond donors (Lipinski definition) is 0. The van der Waals surface area contributed by atoms with Gasteiger partial charge < -0.3 is 38.2 Å². The highest BCUT2D eigenvalue weighted by atomic mass is 19.4. The SMILES string of the molecule is CC[C@@H]1CN(C(=O)OC(C)(C)C)CC[C@@H]1C(=O)N1CCn2c(nnc2C(F)(F)F)C1.CC[C@H]1CN(C(=O)OC(C)(C)C)CC[C@H]1C(=O)N1CCn2c(nnc2C(F)(F)F)C1. The van der Waals surface area contributed by atoms with Gasteiger partial charge in [-0.2, -0.15) is 26.3 Å². The highest BCUT2D eigenvalue weighted by molar-refractivity contribution is 5.80. The zero-order chi connectivity index (χ0) is 44.5. The molecule has 4 amide bonds. The summed E-state index contributed by atoms with van der Waals surface area (Å²) < 4.78 is 91.0. The number of fused-ring (bicyclic) bond motifs is 2. The standard InChI is InChI=1S/2C19H28F3N5O3/c2*1-5-12-10-26(17(29)30-18(2,3)4)7-6-13(12)15(28)25-8-9-27-14(11-25)23-24-16(27)19(20,21)22/h2*12-13H,5-11H2,1-4H3/t2*12-,13+/m10/s1. The number of carbonyl (C=O) groups excluding carboxylic acids is 4. The number of carbonyl (C=O) groups is 4. The summed E-state index contributed by atoms with van der Waals surface area (Å²) in [4.78, 5) is 57.4. The summed E-state index contributed by atoms with van der Waals surface area (Å²) in [5, 5.41) is 13.8. The van der Waals surface area contributed by atoms with Gasteiger partial charge in [0.05, 0.1) is 13.1 Å². The zero-order valence-electron chi connectivity index (χ0n) is 35.4. The molecular formula is C38H56F6N10O6. The molecule has 4 atom stereocenters. The van der Waals surface area contributed by atoms with E-state index in [4.69, 9.17) is 9.47 Å². The molecule has 4 aliphatic heterocycles. The fourth-order valence-electron chi connectivity index (χ4n) is 8.11. The average molecular weight is 863 g/mol. The van der Waals surface area contributed by atoms with Crippen LogP contribution in [0.1, 0.15) is 104 Å². The van der Waals surface area contributed by atoms with E-state index >= 15 is 0 Å². The summed E-state index contributed by atoms with van der Waals surface area (Å²) in [5.74, 6) is -2.63. The molecule has 4 aliphatic rings. The maximum absolute atomic E-state index is 13.2. The van der Waals surface area contributed by atoms with Crippen molar-refractivity contribution in [1.29, 1.82) is 0 Å². The lowest BCUT2D eigenvalue weighted by atomic mass is 9.82. The molecule has 2 aromatic heterocycles. The predicted molar refractivity (Wildman–Crippen MR) is 200 cm³/mol. The van der Waals surface area contributed by atoms with E-state index in [-0.39, 0.29) is 86.4 Å². The van der Waals surface area contributed by atoms with Gasteiger partial charge in [-0.05, 0) is 66.2 Å². The second-order valence-electron chi connectivity index (χ2n) is 17.7. The Bertz CT molecular complexity index is 1740. The quantitative estimate of drug-likeness (QED) is 0.342. The second kappa shape index (κ2) is 17.7. The minimum Gasteiger partial charge on any atom is -0.444 e. The largest absolute Gasteiger partial charge is 0.451 e. The normalized spacial score (nSPS) is 22.6. The molecule has 2 fully saturated rings. The number of hydrogen-bond acceptors (Lipinski definition) is 10. The molecular weight excluding hydrogens is 806 g/mol. The van der Waals surface area contributed by atoms with Crippen molar-refractivity contribution in [2.45, 2.75) is 131 Å². The third-order valence-corrected chi connectivity index (χ3v) is 11.1. The van der Waals surface area contributed by atoms with E-state index in [1.807, 2.05) is 13.8 Å². The first-order valence-corrected chi connectivity index (χ1v) is 20.3. The molecule has 6 heterocycles. The van der Waals surface area contributed by atoms with Crippen LogP contribution >= 0.6 is 0 Å². The molecule has 2 aromatic rings. The van der Waals surface area contributed by atoms with Gasteiger partial charge in [0.1, 0.15) is 11.2 Å². The van der Waals surface area contributed by atoms with Crippen molar-refractivity contribution in [2.24, 2.45) is 23.7 Å². The van der Waals surface area contributed by atoms with Crippen LogP contribution in [0, 0.1) is 23.7 Å². The Morgan fingerprint density at radius 2 is 0.900 bits per heavy atom. The molecule has 0 radical (unpaired) electrons. The first kappa shape index (κ1) is 46.4. The molecule has 22 heteroatoms. The van der Waals surface area contributed by atoms with Crippen molar-refractivity contribution in [3.05, 3.63) is 23.3 Å². The lowest BCUT2D eigenvalue weighted by Gasteiger charge is -2.40. The van der Waals surface area contributed by atoms with Crippen molar-refractivity contribution in [3.8, 4) is 0 Å². The number of nitrogens with zero attached hydrogens (tertiary/aromatic N) is 10. The zero-order valence-corrected chi connectivity index (χ0v) is 35.4. The highest BCUT2D eigenvalue weighted by Gasteiger charge is 2.44. The van der Waals surface area contributed by atoms with E-state index in [0.29, 0.717) is 51.9 Å². The Hall–Kier alpha value is -4.66. The molecule has 0 aromatic carbocycles. The minimum absolute atomic E-state index is 0.00459. The van der Waals surface area contributed by atoms with Gasteiger partial charge in [-0.1, -0.05) is 26.7 Å². The van der Waals surface area contributed by atoms with Crippen molar-refractivity contribution < 1.29 is 55.0 Å². The van der Waals surface area contributed by atoms with E-state index in [9.17, 15) is 45.5 Å². The van der Waals surface area contributed by atoms with Crippen LogP contribution in [0.2, 0.25) is 0 Å². The molecule has 0 unspecified atom stereocenters. The monoisotopic (exact) mass is 862 g/mol. The Kier molecular flexibility index (Phi) is 13.7. The van der Waals surface area contributed by atoms with Crippen LogP contribution in [-0.4, -0.2) is 124 Å². The van der Waals surface area contributed by atoms with Gasteiger partial charge in [0.15, 0.2) is 11.6 Å². The number of ether oxygens (including phenoxy) is 2. The average Bonchev–Trinajstić information content (AvgIpc) is 3.80. The number of aromatic nitrogens is 6. The van der Waals surface area contributed by atoms with E-state index in [1.54, 1.807) is 61.1 Å². The first-order valence-electron chi connectivity index (χ1n) is 20.3. The topological polar surface area (TPSA) is 161 Å². The number of alkyl halides is 6. The van der Waals surface area contributed by atoms with E-state index < -0.39 is 47.4 Å². The van der Waals surface area contributed by atoms with Gasteiger partial charge >= 0.3 is 24.5 Å². The lowest BCUT2D eigenvalue weighted by Crippen LogP contribution is -2.51. The summed E-state index contributed by atoms with van der Waals surface area (Å²) >= 11 is 0. The fraction of sp³-hybridized carbons (Fsp3) is 0.789. The molecule has 60 heavy (non-hydrogen) atoms. The van der Waals surface area contributed by atoms with E-state index in [2.05, 4.69) is 20.4 Å². The van der Waals surface area contributed by atoms with Crippen LogP contribution in [0.25, 0.3) is 0 Å². The number of piperidine rings is 2. The van der Waals surface area contributed by atoms with Crippen molar-refractivity contribution in [2.75, 3.05) is 39.3 Å². The van der Waals surface area contributed by atoms with Crippen LogP contribution in [0.5, 0.6) is 0 Å². The van der Waals surface area contributed by atoms with E-state index in [1.165, 1.54) is 0 Å². The molecule has 2 saturated heterocycles. The summed E-state index contributed by atoms with van der Waals surface area (Å²) in [5.41, 5.74) is -1.19. The predicted octanol–water partition coefficient (Wildman–Crippen LogP) is 5.84. The molecule has 0 bridgehead atoms. The Balaban J connectivity index is 0.000000228. The molecule has 336 valence electrons. The first-order chi connectivity index (χ1) is 27.8. The molecule has 0 N–H and O–H groups in total. The maximum atomic E-state index is 13.2. The van der Waals surface area contributed by atoms with Crippen molar-refractivity contribution >= 4 is 24.0 Å². The highest BCUT2D eigenvalue weighted by Crippen LogP contribution is 2.34. The van der Waals surface area contributed by atoms with Crippen LogP contribution < -0.4 is 0 Å². The van der Waals surface area contributed by atoms with Crippen LogP contribution in [0.15, 0.2) is 0 Å². The number of halogens is 6. The van der Waals surface area contributed by atoms with Crippen molar-refractivity contribution in [1.82, 2.24) is 49.1 Å². The molecule has 6 rings (SSSR count). The summed E-state index contributed by atoms with van der Waals surface area (Å²) in [7, 11) is 0. The number of likely N-dealkylation sites (tertiary alicyclic amines) is 2. The Morgan fingerprint density at radius 3 is 1.20 bits per heavy atom. The van der Waals surface area contributed by atoms with Gasteiger partial charge in [-0.25, -0.2) is 9.59 Å². The van der Waals surface area contributed by atoms with Gasteiger partial charge in [-0.15, -0.1) is 20.4 Å². The minimum atomic E-state index is -4.57. The van der Waals surface area contributed by atoms with Gasteiger partial charge in [-0.3, -0.25) is 9.59 Å². The van der Waals surface area contributed by atoms with Gasteiger partial charge in [0.25, 0.3) is 0 Å². The lowest BCUT2D eigenvalue weighted by molar-refractivity contribution is -0.150. The number of rotatable bonds is 4. The third-order valence-electron chi connectivity index (χ3n) is 11.1. The molecule has 0 spiro atoms. The number of amides is 4. The van der Waals surface area contributed by atoms with Gasteiger partial charge in [0, 0.05) is 64.2 Å². The van der Waals surface area contributed by atoms with Crippen LogP contribution in [0.4, 0.5) is 35.9 Å². The molecule has 0 saturated carbocycles. The van der Waals surface area contributed by atoms with E-state index in [0.717, 1.165) is 9.13 Å².